The first-order chi connectivity index (χ1) is 23.0. The molecule has 6 aromatic carbocycles. The molecular formula is C44H31N3. The summed E-state index contributed by atoms with van der Waals surface area (Å²) in [4.78, 5) is 14.4. The van der Waals surface area contributed by atoms with E-state index < -0.39 is 0 Å². The minimum Gasteiger partial charge on any atom is -0.265 e. The van der Waals surface area contributed by atoms with Gasteiger partial charge in [-0.25, -0.2) is 9.97 Å². The highest BCUT2D eigenvalue weighted by atomic mass is 14.9. The summed E-state index contributed by atoms with van der Waals surface area (Å²) in [7, 11) is 0. The Balaban J connectivity index is 1.17. The Morgan fingerprint density at radius 2 is 1.04 bits per heavy atom. The van der Waals surface area contributed by atoms with E-state index in [2.05, 4.69) is 140 Å². The third-order valence-corrected chi connectivity index (χ3v) is 9.79. The topological polar surface area (TPSA) is 38.7 Å². The minimum absolute atomic E-state index is 0.0168. The molecule has 222 valence electrons. The molecule has 0 N–H and O–H groups in total. The molecule has 0 spiro atoms. The number of benzene rings is 6. The van der Waals surface area contributed by atoms with Gasteiger partial charge in [0.1, 0.15) is 0 Å². The highest BCUT2D eigenvalue weighted by molar-refractivity contribution is 6.10. The van der Waals surface area contributed by atoms with Crippen molar-refractivity contribution < 1.29 is 0 Å². The van der Waals surface area contributed by atoms with Crippen LogP contribution in [0.4, 0.5) is 0 Å². The van der Waals surface area contributed by atoms with Crippen molar-refractivity contribution in [1.29, 1.82) is 0 Å². The number of hydrogen-bond acceptors (Lipinski definition) is 3. The van der Waals surface area contributed by atoms with Crippen LogP contribution in [0, 0.1) is 0 Å². The van der Waals surface area contributed by atoms with Crippen molar-refractivity contribution in [3.8, 4) is 56.2 Å². The maximum Gasteiger partial charge on any atom is 0.160 e. The maximum absolute atomic E-state index is 5.14. The second-order valence-corrected chi connectivity index (χ2v) is 12.9. The predicted molar refractivity (Wildman–Crippen MR) is 194 cm³/mol. The van der Waals surface area contributed by atoms with Gasteiger partial charge in [0.2, 0.25) is 0 Å². The van der Waals surface area contributed by atoms with Crippen LogP contribution in [-0.2, 0) is 5.41 Å². The zero-order chi connectivity index (χ0) is 31.5. The summed E-state index contributed by atoms with van der Waals surface area (Å²) in [5, 5.41) is 4.96. The largest absolute Gasteiger partial charge is 0.265 e. The lowest BCUT2D eigenvalue weighted by molar-refractivity contribution is 0.661. The van der Waals surface area contributed by atoms with Gasteiger partial charge in [0.25, 0.3) is 0 Å². The van der Waals surface area contributed by atoms with Crippen LogP contribution in [0.3, 0.4) is 0 Å². The predicted octanol–water partition coefficient (Wildman–Crippen LogP) is 11.2. The van der Waals surface area contributed by atoms with Crippen LogP contribution < -0.4 is 0 Å². The second kappa shape index (κ2) is 10.6. The van der Waals surface area contributed by atoms with Gasteiger partial charge in [-0.15, -0.1) is 0 Å². The van der Waals surface area contributed by atoms with Crippen molar-refractivity contribution in [2.75, 3.05) is 0 Å². The molecule has 0 bridgehead atoms. The molecule has 8 aromatic rings. The van der Waals surface area contributed by atoms with Gasteiger partial charge in [0, 0.05) is 34.5 Å². The van der Waals surface area contributed by atoms with Crippen LogP contribution in [-0.4, -0.2) is 15.0 Å². The Morgan fingerprint density at radius 3 is 1.81 bits per heavy atom. The van der Waals surface area contributed by atoms with Crippen molar-refractivity contribution in [1.82, 2.24) is 15.0 Å². The number of aromatic nitrogens is 3. The van der Waals surface area contributed by atoms with E-state index in [1.165, 1.54) is 43.8 Å². The molecule has 0 fully saturated rings. The van der Waals surface area contributed by atoms with Gasteiger partial charge in [0.15, 0.2) is 5.82 Å². The Morgan fingerprint density at radius 1 is 0.426 bits per heavy atom. The molecule has 2 heterocycles. The molecule has 1 aliphatic carbocycles. The zero-order valence-corrected chi connectivity index (χ0v) is 26.3. The van der Waals surface area contributed by atoms with Gasteiger partial charge in [-0.2, -0.15) is 0 Å². The number of pyridine rings is 1. The summed E-state index contributed by atoms with van der Waals surface area (Å²) in [6.45, 7) is 4.67. The third kappa shape index (κ3) is 4.54. The van der Waals surface area contributed by atoms with Crippen molar-refractivity contribution in [2.24, 2.45) is 0 Å². The summed E-state index contributed by atoms with van der Waals surface area (Å²) >= 11 is 0. The minimum atomic E-state index is -0.0168. The van der Waals surface area contributed by atoms with E-state index in [1.807, 2.05) is 30.6 Å². The van der Waals surface area contributed by atoms with E-state index >= 15 is 0 Å². The van der Waals surface area contributed by atoms with Crippen LogP contribution in [0.1, 0.15) is 25.0 Å². The SMILES string of the molecule is CC1(C)c2ccccc2-c2cc3c(ccc4cc(-c5nc(-c6ccccc6)cc(-c6ccc(-c7ccncc7)cc6)n5)ccc43)cc21. The maximum atomic E-state index is 5.14. The van der Waals surface area contributed by atoms with E-state index in [0.717, 1.165) is 39.2 Å². The first-order valence-corrected chi connectivity index (χ1v) is 16.1. The molecule has 0 saturated carbocycles. The van der Waals surface area contributed by atoms with Crippen molar-refractivity contribution in [3.63, 3.8) is 0 Å². The van der Waals surface area contributed by atoms with Crippen molar-refractivity contribution in [2.45, 2.75) is 19.3 Å². The normalized spacial score (nSPS) is 13.1. The lowest BCUT2D eigenvalue weighted by Gasteiger charge is -2.21. The zero-order valence-electron chi connectivity index (χ0n) is 26.3. The first-order valence-electron chi connectivity index (χ1n) is 16.1. The Kier molecular flexibility index (Phi) is 6.16. The molecule has 0 radical (unpaired) electrons. The van der Waals surface area contributed by atoms with Crippen LogP contribution >= 0.6 is 0 Å². The Hall–Kier alpha value is -5.93. The van der Waals surface area contributed by atoms with Crippen molar-refractivity contribution in [3.05, 3.63) is 163 Å². The first kappa shape index (κ1) is 27.4. The smallest absolute Gasteiger partial charge is 0.160 e. The van der Waals surface area contributed by atoms with Crippen LogP contribution in [0.15, 0.2) is 152 Å². The summed E-state index contributed by atoms with van der Waals surface area (Å²) in [5.74, 6) is 0.714. The molecule has 0 amide bonds. The molecule has 9 rings (SSSR count). The standard InChI is InChI=1S/C44H31N3/c1-44(2)39-11-7-6-10-36(39)38-26-37-33(25-40(38)44)17-16-32-24-34(18-19-35(32)37)43-46-41(30-8-4-3-5-9-30)27-42(47-43)31-14-12-28(13-15-31)29-20-22-45-23-21-29/h3-27H,1-2H3. The van der Waals surface area contributed by atoms with Gasteiger partial charge in [-0.3, -0.25) is 4.98 Å². The fourth-order valence-corrected chi connectivity index (χ4v) is 7.26. The molecule has 0 unspecified atom stereocenters. The van der Waals surface area contributed by atoms with E-state index in [0.29, 0.717) is 5.82 Å². The van der Waals surface area contributed by atoms with E-state index in [9.17, 15) is 0 Å². The van der Waals surface area contributed by atoms with E-state index in [1.54, 1.807) is 0 Å². The van der Waals surface area contributed by atoms with Gasteiger partial charge in [-0.05, 0) is 91.3 Å². The Labute approximate surface area is 274 Å². The Bertz CT molecular complexity index is 2460. The average molecular weight is 602 g/mol. The monoisotopic (exact) mass is 601 g/mol. The van der Waals surface area contributed by atoms with Gasteiger partial charge in [-0.1, -0.05) is 117 Å². The molecule has 0 aliphatic heterocycles. The number of rotatable bonds is 4. The van der Waals surface area contributed by atoms with Gasteiger partial charge in [0.05, 0.1) is 11.4 Å². The summed E-state index contributed by atoms with van der Waals surface area (Å²) in [6, 6.07) is 49.9. The molecule has 0 saturated heterocycles. The summed E-state index contributed by atoms with van der Waals surface area (Å²) in [6.07, 6.45) is 3.65. The average Bonchev–Trinajstić information content (AvgIpc) is 3.36. The highest BCUT2D eigenvalue weighted by Crippen LogP contribution is 2.50. The van der Waals surface area contributed by atoms with Gasteiger partial charge < -0.3 is 0 Å². The van der Waals surface area contributed by atoms with Crippen LogP contribution in [0.2, 0.25) is 0 Å². The molecule has 2 aromatic heterocycles. The molecule has 3 nitrogen and oxygen atoms in total. The lowest BCUT2D eigenvalue weighted by atomic mass is 9.81. The van der Waals surface area contributed by atoms with Crippen molar-refractivity contribution >= 4 is 21.5 Å². The highest BCUT2D eigenvalue weighted by Gasteiger charge is 2.35. The van der Waals surface area contributed by atoms with Gasteiger partial charge >= 0.3 is 0 Å². The van der Waals surface area contributed by atoms with Crippen LogP contribution in [0.25, 0.3) is 77.7 Å². The quantitative estimate of drug-likeness (QED) is 0.188. The number of hydrogen-bond donors (Lipinski definition) is 0. The molecule has 47 heavy (non-hydrogen) atoms. The molecule has 0 atom stereocenters. The molecule has 1 aliphatic rings. The summed E-state index contributed by atoms with van der Waals surface area (Å²) in [5.41, 5.74) is 12.7. The number of fused-ring (bicyclic) bond motifs is 6. The second-order valence-electron chi connectivity index (χ2n) is 12.9. The fraction of sp³-hybridized carbons (Fsp3) is 0.0682. The fourth-order valence-electron chi connectivity index (χ4n) is 7.26. The molecular weight excluding hydrogens is 571 g/mol. The van der Waals surface area contributed by atoms with Crippen LogP contribution in [0.5, 0.6) is 0 Å². The third-order valence-electron chi connectivity index (χ3n) is 9.79. The lowest BCUT2D eigenvalue weighted by Crippen LogP contribution is -2.14. The summed E-state index contributed by atoms with van der Waals surface area (Å²) < 4.78 is 0. The van der Waals surface area contributed by atoms with E-state index in [4.69, 9.17) is 9.97 Å². The number of nitrogens with zero attached hydrogens (tertiary/aromatic N) is 3. The van der Waals surface area contributed by atoms with E-state index in [-0.39, 0.29) is 5.41 Å². The molecule has 3 heteroatoms.